The Morgan fingerprint density at radius 2 is 1.80 bits per heavy atom. The predicted octanol–water partition coefficient (Wildman–Crippen LogP) is 4.19. The molecule has 0 aliphatic carbocycles. The molecule has 1 saturated heterocycles. The van der Waals surface area contributed by atoms with Crippen molar-refractivity contribution in [2.24, 2.45) is 0 Å². The predicted molar refractivity (Wildman–Crippen MR) is 114 cm³/mol. The molecule has 30 heavy (non-hydrogen) atoms. The molecule has 0 radical (unpaired) electrons. The van der Waals surface area contributed by atoms with Gasteiger partial charge < -0.3 is 14.1 Å². The first-order valence-electron chi connectivity index (χ1n) is 10.3. The van der Waals surface area contributed by atoms with Gasteiger partial charge in [0.15, 0.2) is 5.76 Å². The van der Waals surface area contributed by atoms with Gasteiger partial charge in [0.2, 0.25) is 0 Å². The van der Waals surface area contributed by atoms with E-state index in [2.05, 4.69) is 11.1 Å². The van der Waals surface area contributed by atoms with Crippen LogP contribution in [0, 0.1) is 0 Å². The van der Waals surface area contributed by atoms with Crippen molar-refractivity contribution in [1.29, 1.82) is 0 Å². The average Bonchev–Trinajstić information content (AvgIpc) is 3.38. The number of carbonyl (C=O) groups is 1. The Kier molecular flexibility index (Phi) is 5.63. The quantitative estimate of drug-likeness (QED) is 0.648. The molecule has 7 nitrogen and oxygen atoms in total. The molecule has 1 fully saturated rings. The van der Waals surface area contributed by atoms with Gasteiger partial charge >= 0.3 is 6.09 Å². The largest absolute Gasteiger partial charge is 0.463 e. The van der Waals surface area contributed by atoms with Gasteiger partial charge in [0.1, 0.15) is 11.3 Å². The minimum absolute atomic E-state index is 0.240. The number of carbonyl (C=O) groups excluding carboxylic acids is 1. The van der Waals surface area contributed by atoms with Crippen molar-refractivity contribution in [2.45, 2.75) is 32.9 Å². The molecule has 158 valence electrons. The average molecular weight is 409 g/mol. The van der Waals surface area contributed by atoms with Crippen LogP contribution >= 0.6 is 0 Å². The summed E-state index contributed by atoms with van der Waals surface area (Å²) in [5.41, 5.74) is 2.47. The van der Waals surface area contributed by atoms with Gasteiger partial charge in [-0.25, -0.2) is 9.48 Å². The molecule has 2 aromatic heterocycles. The number of para-hydroxylation sites is 1. The fourth-order valence-electron chi connectivity index (χ4n) is 3.52. The zero-order chi connectivity index (χ0) is 21.1. The van der Waals surface area contributed by atoms with Crippen molar-refractivity contribution < 1.29 is 13.9 Å². The fourth-order valence-corrected chi connectivity index (χ4v) is 3.52. The van der Waals surface area contributed by atoms with Gasteiger partial charge in [-0.05, 0) is 45.0 Å². The van der Waals surface area contributed by atoms with Crippen LogP contribution in [0.4, 0.5) is 4.79 Å². The number of ether oxygens (including phenoxy) is 1. The van der Waals surface area contributed by atoms with Crippen LogP contribution in [0.3, 0.4) is 0 Å². The summed E-state index contributed by atoms with van der Waals surface area (Å²) < 4.78 is 13.0. The molecule has 0 atom stereocenters. The minimum atomic E-state index is -0.474. The smallest absolute Gasteiger partial charge is 0.410 e. The van der Waals surface area contributed by atoms with E-state index in [0.717, 1.165) is 42.3 Å². The topological polar surface area (TPSA) is 63.7 Å². The van der Waals surface area contributed by atoms with E-state index in [1.54, 1.807) is 11.2 Å². The maximum absolute atomic E-state index is 12.3. The number of benzene rings is 1. The monoisotopic (exact) mass is 408 g/mol. The molecule has 7 heteroatoms. The fraction of sp³-hybridized carbons (Fsp3) is 0.391. The summed E-state index contributed by atoms with van der Waals surface area (Å²) in [6.07, 6.45) is 3.49. The molecule has 0 spiro atoms. The highest BCUT2D eigenvalue weighted by atomic mass is 16.6. The van der Waals surface area contributed by atoms with Gasteiger partial charge in [-0.15, -0.1) is 0 Å². The Labute approximate surface area is 176 Å². The second-order valence-electron chi connectivity index (χ2n) is 8.50. The molecular formula is C23H28N4O3. The highest BCUT2D eigenvalue weighted by Gasteiger charge is 2.27. The van der Waals surface area contributed by atoms with Crippen molar-refractivity contribution in [1.82, 2.24) is 19.6 Å². The Morgan fingerprint density at radius 3 is 2.43 bits per heavy atom. The summed E-state index contributed by atoms with van der Waals surface area (Å²) in [7, 11) is 0. The van der Waals surface area contributed by atoms with Crippen LogP contribution < -0.4 is 0 Å². The summed E-state index contributed by atoms with van der Waals surface area (Å²) in [4.78, 5) is 16.4. The number of piperazine rings is 1. The van der Waals surface area contributed by atoms with Crippen molar-refractivity contribution >= 4 is 6.09 Å². The summed E-state index contributed by atoms with van der Waals surface area (Å²) in [6, 6.07) is 13.9. The van der Waals surface area contributed by atoms with E-state index in [4.69, 9.17) is 14.3 Å². The van der Waals surface area contributed by atoms with E-state index in [1.165, 1.54) is 0 Å². The van der Waals surface area contributed by atoms with E-state index >= 15 is 0 Å². The lowest BCUT2D eigenvalue weighted by molar-refractivity contribution is 0.0139. The Hall–Kier alpha value is -3.06. The molecule has 0 unspecified atom stereocenters. The van der Waals surface area contributed by atoms with Crippen molar-refractivity contribution in [3.8, 4) is 17.1 Å². The number of rotatable bonds is 4. The van der Waals surface area contributed by atoms with Crippen LogP contribution in [-0.4, -0.2) is 57.5 Å². The van der Waals surface area contributed by atoms with Gasteiger partial charge in [-0.3, -0.25) is 4.90 Å². The van der Waals surface area contributed by atoms with E-state index in [0.29, 0.717) is 13.1 Å². The SMILES string of the molecule is CC(C)(C)OC(=O)N1CCN(Cc2cn(-c3ccccc3)nc2-c2ccco2)CC1. The summed E-state index contributed by atoms with van der Waals surface area (Å²) in [5, 5.41) is 4.78. The van der Waals surface area contributed by atoms with Gasteiger partial charge in [0.05, 0.1) is 12.0 Å². The van der Waals surface area contributed by atoms with Crippen LogP contribution in [0.5, 0.6) is 0 Å². The molecule has 0 N–H and O–H groups in total. The normalized spacial score (nSPS) is 15.4. The second kappa shape index (κ2) is 8.36. The number of aromatic nitrogens is 2. The van der Waals surface area contributed by atoms with Crippen molar-refractivity contribution in [3.05, 3.63) is 60.5 Å². The van der Waals surface area contributed by atoms with Crippen molar-refractivity contribution in [2.75, 3.05) is 26.2 Å². The van der Waals surface area contributed by atoms with Crippen LogP contribution in [0.1, 0.15) is 26.3 Å². The second-order valence-corrected chi connectivity index (χ2v) is 8.50. The molecule has 1 aromatic carbocycles. The first-order chi connectivity index (χ1) is 14.4. The van der Waals surface area contributed by atoms with Crippen LogP contribution in [0.2, 0.25) is 0 Å². The number of hydrogen-bond acceptors (Lipinski definition) is 5. The standard InChI is InChI=1S/C23H28N4O3/c1-23(2,3)30-22(28)26-13-11-25(12-14-26)16-18-17-27(19-8-5-4-6-9-19)24-21(18)20-10-7-15-29-20/h4-10,15,17H,11-14,16H2,1-3H3. The van der Waals surface area contributed by atoms with Crippen molar-refractivity contribution in [3.63, 3.8) is 0 Å². The number of hydrogen-bond donors (Lipinski definition) is 0. The van der Waals surface area contributed by atoms with Gasteiger partial charge in [0, 0.05) is 44.5 Å². The minimum Gasteiger partial charge on any atom is -0.463 e. The molecule has 1 aliphatic heterocycles. The summed E-state index contributed by atoms with van der Waals surface area (Å²) in [5.74, 6) is 0.757. The van der Waals surface area contributed by atoms with Gasteiger partial charge in [0.25, 0.3) is 0 Å². The molecule has 3 aromatic rings. The maximum atomic E-state index is 12.3. The lowest BCUT2D eigenvalue weighted by atomic mass is 10.2. The Bertz CT molecular complexity index is 966. The van der Waals surface area contributed by atoms with E-state index in [9.17, 15) is 4.79 Å². The molecule has 0 bridgehead atoms. The zero-order valence-electron chi connectivity index (χ0n) is 17.7. The van der Waals surface area contributed by atoms with E-state index < -0.39 is 5.60 Å². The first-order valence-corrected chi connectivity index (χ1v) is 10.3. The number of nitrogens with zero attached hydrogens (tertiary/aromatic N) is 4. The molecule has 1 aliphatic rings. The summed E-state index contributed by atoms with van der Waals surface area (Å²) >= 11 is 0. The first kappa shape index (κ1) is 20.2. The zero-order valence-corrected chi connectivity index (χ0v) is 17.7. The maximum Gasteiger partial charge on any atom is 0.410 e. The molecule has 3 heterocycles. The van der Waals surface area contributed by atoms with Gasteiger partial charge in [-0.2, -0.15) is 5.10 Å². The third-order valence-corrected chi connectivity index (χ3v) is 4.98. The molecule has 0 saturated carbocycles. The third kappa shape index (κ3) is 4.74. The number of furan rings is 1. The van der Waals surface area contributed by atoms with E-state index in [1.807, 2.05) is 67.9 Å². The lowest BCUT2D eigenvalue weighted by Crippen LogP contribution is -2.49. The van der Waals surface area contributed by atoms with Crippen LogP contribution in [-0.2, 0) is 11.3 Å². The lowest BCUT2D eigenvalue weighted by Gasteiger charge is -2.35. The molecule has 4 rings (SSSR count). The summed E-state index contributed by atoms with van der Waals surface area (Å²) in [6.45, 7) is 9.28. The van der Waals surface area contributed by atoms with Gasteiger partial charge in [-0.1, -0.05) is 18.2 Å². The molecular weight excluding hydrogens is 380 g/mol. The highest BCUT2D eigenvalue weighted by molar-refractivity contribution is 5.68. The Morgan fingerprint density at radius 1 is 1.07 bits per heavy atom. The molecule has 1 amide bonds. The van der Waals surface area contributed by atoms with Crippen LogP contribution in [0.25, 0.3) is 17.1 Å². The van der Waals surface area contributed by atoms with Crippen LogP contribution in [0.15, 0.2) is 59.3 Å². The third-order valence-electron chi connectivity index (χ3n) is 4.98. The highest BCUT2D eigenvalue weighted by Crippen LogP contribution is 2.26. The number of amides is 1. The van der Waals surface area contributed by atoms with E-state index in [-0.39, 0.29) is 6.09 Å². The Balaban J connectivity index is 1.47.